The third kappa shape index (κ3) is 4.45. The predicted molar refractivity (Wildman–Crippen MR) is 55.8 cm³/mol. The quantitative estimate of drug-likeness (QED) is 0.711. The number of hydrogen-bond acceptors (Lipinski definition) is 4. The predicted octanol–water partition coefficient (Wildman–Crippen LogP) is 2.13. The lowest BCUT2D eigenvalue weighted by molar-refractivity contribution is 0.280. The molecule has 0 aliphatic carbocycles. The molecule has 3 nitrogen and oxygen atoms in total. The normalized spacial score (nSPS) is 10.8. The van der Waals surface area contributed by atoms with Crippen LogP contribution in [-0.2, 0) is 0 Å². The van der Waals surface area contributed by atoms with Gasteiger partial charge in [-0.2, -0.15) is 4.98 Å². The highest BCUT2D eigenvalue weighted by molar-refractivity contribution is 7.11. The number of ether oxygens (including phenoxy) is 1. The standard InChI is InChI=1S/C8H13ClN2OS/c1-11(2)4-3-5-12-8-10-7(9)6-13-8/h6H,3-5H2,1-2H3. The zero-order chi connectivity index (χ0) is 9.68. The minimum Gasteiger partial charge on any atom is -0.470 e. The zero-order valence-electron chi connectivity index (χ0n) is 7.79. The van der Waals surface area contributed by atoms with Crippen LogP contribution in [0.2, 0.25) is 5.15 Å². The van der Waals surface area contributed by atoms with E-state index in [1.165, 1.54) is 11.3 Å². The first-order chi connectivity index (χ1) is 6.18. The summed E-state index contributed by atoms with van der Waals surface area (Å²) in [4.78, 5) is 6.10. The van der Waals surface area contributed by atoms with Gasteiger partial charge in [0.1, 0.15) is 5.15 Å². The van der Waals surface area contributed by atoms with Crippen LogP contribution >= 0.6 is 22.9 Å². The van der Waals surface area contributed by atoms with Crippen LogP contribution in [0.25, 0.3) is 0 Å². The molecule has 74 valence electrons. The van der Waals surface area contributed by atoms with Crippen LogP contribution in [0.3, 0.4) is 0 Å². The Balaban J connectivity index is 2.13. The van der Waals surface area contributed by atoms with Crippen molar-refractivity contribution in [2.45, 2.75) is 6.42 Å². The summed E-state index contributed by atoms with van der Waals surface area (Å²) in [5.41, 5.74) is 0. The van der Waals surface area contributed by atoms with Gasteiger partial charge in [0.25, 0.3) is 5.19 Å². The van der Waals surface area contributed by atoms with Crippen molar-refractivity contribution in [3.8, 4) is 5.19 Å². The second kappa shape index (κ2) is 5.42. The topological polar surface area (TPSA) is 25.4 Å². The summed E-state index contributed by atoms with van der Waals surface area (Å²) >= 11 is 7.06. The van der Waals surface area contributed by atoms with E-state index < -0.39 is 0 Å². The SMILES string of the molecule is CN(C)CCCOc1nc(Cl)cs1. The van der Waals surface area contributed by atoms with Crippen molar-refractivity contribution < 1.29 is 4.74 Å². The summed E-state index contributed by atoms with van der Waals surface area (Å²) in [6.07, 6.45) is 1.00. The van der Waals surface area contributed by atoms with E-state index in [-0.39, 0.29) is 0 Å². The van der Waals surface area contributed by atoms with Crippen molar-refractivity contribution in [2.24, 2.45) is 0 Å². The van der Waals surface area contributed by atoms with Gasteiger partial charge in [0.05, 0.1) is 6.61 Å². The highest BCUT2D eigenvalue weighted by Gasteiger charge is 1.99. The van der Waals surface area contributed by atoms with E-state index in [2.05, 4.69) is 9.88 Å². The molecule has 0 aliphatic rings. The maximum atomic E-state index is 5.63. The zero-order valence-corrected chi connectivity index (χ0v) is 9.36. The van der Waals surface area contributed by atoms with Gasteiger partial charge in [0, 0.05) is 11.9 Å². The van der Waals surface area contributed by atoms with Gasteiger partial charge in [-0.15, -0.1) is 0 Å². The van der Waals surface area contributed by atoms with E-state index in [9.17, 15) is 0 Å². The second-order valence-corrected chi connectivity index (χ2v) is 4.15. The molecule has 0 fully saturated rings. The van der Waals surface area contributed by atoms with Gasteiger partial charge in [0.2, 0.25) is 0 Å². The van der Waals surface area contributed by atoms with E-state index in [1.807, 2.05) is 14.1 Å². The summed E-state index contributed by atoms with van der Waals surface area (Å²) in [5, 5.41) is 2.93. The molecular weight excluding hydrogens is 208 g/mol. The molecule has 0 aliphatic heterocycles. The lowest BCUT2D eigenvalue weighted by Crippen LogP contribution is -2.15. The summed E-state index contributed by atoms with van der Waals surface area (Å²) < 4.78 is 5.37. The molecule has 1 heterocycles. The fourth-order valence-electron chi connectivity index (χ4n) is 0.845. The Kier molecular flexibility index (Phi) is 4.48. The molecule has 0 amide bonds. The van der Waals surface area contributed by atoms with E-state index in [0.29, 0.717) is 17.0 Å². The fourth-order valence-corrected chi connectivity index (χ4v) is 1.66. The monoisotopic (exact) mass is 220 g/mol. The van der Waals surface area contributed by atoms with Crippen molar-refractivity contribution in [1.82, 2.24) is 9.88 Å². The van der Waals surface area contributed by atoms with Gasteiger partial charge < -0.3 is 9.64 Å². The van der Waals surface area contributed by atoms with Crippen molar-refractivity contribution in [1.29, 1.82) is 0 Å². The molecule has 5 heteroatoms. The van der Waals surface area contributed by atoms with Crippen LogP contribution in [0.4, 0.5) is 0 Å². The number of hydrogen-bond donors (Lipinski definition) is 0. The molecule has 0 saturated heterocycles. The van der Waals surface area contributed by atoms with Crippen LogP contribution in [-0.4, -0.2) is 37.1 Å². The maximum absolute atomic E-state index is 5.63. The molecule has 13 heavy (non-hydrogen) atoms. The number of thiazole rings is 1. The number of nitrogens with zero attached hydrogens (tertiary/aromatic N) is 2. The van der Waals surface area contributed by atoms with Crippen LogP contribution in [0.5, 0.6) is 5.19 Å². The van der Waals surface area contributed by atoms with Gasteiger partial charge in [-0.05, 0) is 20.5 Å². The minimum atomic E-state index is 0.507. The fraction of sp³-hybridized carbons (Fsp3) is 0.625. The summed E-state index contributed by atoms with van der Waals surface area (Å²) in [7, 11) is 4.08. The van der Waals surface area contributed by atoms with Gasteiger partial charge in [-0.1, -0.05) is 22.9 Å². The third-order valence-electron chi connectivity index (χ3n) is 1.43. The molecular formula is C8H13ClN2OS. The van der Waals surface area contributed by atoms with Crippen LogP contribution < -0.4 is 4.74 Å². The summed E-state index contributed by atoms with van der Waals surface area (Å²) in [6, 6.07) is 0. The summed E-state index contributed by atoms with van der Waals surface area (Å²) in [5.74, 6) is 0. The average molecular weight is 221 g/mol. The first kappa shape index (κ1) is 10.8. The number of halogens is 1. The Hall–Kier alpha value is -0.320. The van der Waals surface area contributed by atoms with Crippen molar-refractivity contribution in [3.63, 3.8) is 0 Å². The lowest BCUT2D eigenvalue weighted by atomic mass is 10.4. The summed E-state index contributed by atoms with van der Waals surface area (Å²) in [6.45, 7) is 1.72. The molecule has 0 unspecified atom stereocenters. The Morgan fingerprint density at radius 1 is 1.62 bits per heavy atom. The molecule has 0 radical (unpaired) electrons. The van der Waals surface area contributed by atoms with Crippen molar-refractivity contribution in [2.75, 3.05) is 27.2 Å². The van der Waals surface area contributed by atoms with Crippen LogP contribution in [0.15, 0.2) is 5.38 Å². The van der Waals surface area contributed by atoms with Gasteiger partial charge in [0.15, 0.2) is 0 Å². The molecule has 0 N–H and O–H groups in total. The van der Waals surface area contributed by atoms with Crippen molar-refractivity contribution >= 4 is 22.9 Å². The van der Waals surface area contributed by atoms with Gasteiger partial charge >= 0.3 is 0 Å². The Bertz CT molecular complexity index is 252. The van der Waals surface area contributed by atoms with Crippen LogP contribution in [0.1, 0.15) is 6.42 Å². The highest BCUT2D eigenvalue weighted by Crippen LogP contribution is 2.21. The highest BCUT2D eigenvalue weighted by atomic mass is 35.5. The van der Waals surface area contributed by atoms with E-state index in [1.54, 1.807) is 5.38 Å². The first-order valence-corrected chi connectivity index (χ1v) is 5.33. The van der Waals surface area contributed by atoms with E-state index in [0.717, 1.165) is 13.0 Å². The van der Waals surface area contributed by atoms with E-state index in [4.69, 9.17) is 16.3 Å². The maximum Gasteiger partial charge on any atom is 0.274 e. The minimum absolute atomic E-state index is 0.507. The first-order valence-electron chi connectivity index (χ1n) is 4.07. The lowest BCUT2D eigenvalue weighted by Gasteiger charge is -2.08. The Morgan fingerprint density at radius 3 is 2.92 bits per heavy atom. The molecule has 1 aromatic heterocycles. The molecule has 0 bridgehead atoms. The third-order valence-corrected chi connectivity index (χ3v) is 2.51. The number of rotatable bonds is 5. The molecule has 0 saturated carbocycles. The number of aromatic nitrogens is 1. The molecule has 0 spiro atoms. The van der Waals surface area contributed by atoms with E-state index >= 15 is 0 Å². The largest absolute Gasteiger partial charge is 0.470 e. The molecule has 0 atom stereocenters. The average Bonchev–Trinajstić information content (AvgIpc) is 2.45. The Morgan fingerprint density at radius 2 is 2.38 bits per heavy atom. The van der Waals surface area contributed by atoms with Crippen LogP contribution in [0, 0.1) is 0 Å². The second-order valence-electron chi connectivity index (χ2n) is 2.94. The Labute approximate surface area is 87.3 Å². The molecule has 0 aromatic carbocycles. The molecule has 1 aromatic rings. The smallest absolute Gasteiger partial charge is 0.274 e. The van der Waals surface area contributed by atoms with Crippen molar-refractivity contribution in [3.05, 3.63) is 10.5 Å². The molecule has 1 rings (SSSR count). The van der Waals surface area contributed by atoms with Gasteiger partial charge in [-0.25, -0.2) is 0 Å². The van der Waals surface area contributed by atoms with Gasteiger partial charge in [-0.3, -0.25) is 0 Å².